The predicted molar refractivity (Wildman–Crippen MR) is 103 cm³/mol. The lowest BCUT2D eigenvalue weighted by Crippen LogP contribution is -2.23. The number of thioether (sulfide) groups is 1. The third-order valence-electron chi connectivity index (χ3n) is 4.34. The first-order valence-electron chi connectivity index (χ1n) is 8.24. The van der Waals surface area contributed by atoms with Gasteiger partial charge in [0.05, 0.1) is 5.75 Å². The zero-order valence-corrected chi connectivity index (χ0v) is 16.4. The summed E-state index contributed by atoms with van der Waals surface area (Å²) < 4.78 is 0.970. The number of aryl methyl sites for hydroxylation is 1. The van der Waals surface area contributed by atoms with Crippen LogP contribution in [0.3, 0.4) is 0 Å². The van der Waals surface area contributed by atoms with E-state index in [0.29, 0.717) is 5.56 Å². The fourth-order valence-corrected chi connectivity index (χ4v) is 4.29. The summed E-state index contributed by atoms with van der Waals surface area (Å²) in [5.74, 6) is 0.180. The van der Waals surface area contributed by atoms with Crippen molar-refractivity contribution in [3.8, 4) is 6.07 Å². The highest BCUT2D eigenvalue weighted by Gasteiger charge is 2.25. The topological polar surface area (TPSA) is 67.0 Å². The molecule has 6 heteroatoms. The van der Waals surface area contributed by atoms with E-state index in [-0.39, 0.29) is 11.7 Å². The second-order valence-corrected chi connectivity index (χ2v) is 7.98. The summed E-state index contributed by atoms with van der Waals surface area (Å²) >= 11 is 4.76. The Kier molecular flexibility index (Phi) is 5.77. The van der Waals surface area contributed by atoms with Crippen LogP contribution in [-0.2, 0) is 17.6 Å². The van der Waals surface area contributed by atoms with Crippen LogP contribution in [0.2, 0.25) is 0 Å². The number of carbonyl (C=O) groups is 1. The molecule has 1 amide bonds. The van der Waals surface area contributed by atoms with Crippen molar-refractivity contribution in [3.05, 3.63) is 51.1 Å². The zero-order valence-electron chi connectivity index (χ0n) is 14.0. The van der Waals surface area contributed by atoms with Crippen molar-refractivity contribution < 1.29 is 9.78 Å². The smallest absolute Gasteiger partial charge is 0.257 e. The number of fused-ring (bicyclic) bond motifs is 1. The van der Waals surface area contributed by atoms with E-state index >= 15 is 0 Å². The molecule has 2 N–H and O–H groups in total. The number of aromatic amines is 1. The van der Waals surface area contributed by atoms with E-state index in [1.807, 2.05) is 24.3 Å². The molecule has 0 spiro atoms. The van der Waals surface area contributed by atoms with Gasteiger partial charge in [0, 0.05) is 22.6 Å². The first kappa shape index (κ1) is 18.0. The molecule has 0 saturated carbocycles. The molecule has 1 aromatic heterocycles. The first-order chi connectivity index (χ1) is 12.1. The van der Waals surface area contributed by atoms with Gasteiger partial charge in [-0.25, -0.2) is 4.98 Å². The summed E-state index contributed by atoms with van der Waals surface area (Å²) in [6, 6.07) is 9.81. The second kappa shape index (κ2) is 8.03. The van der Waals surface area contributed by atoms with Crippen LogP contribution in [0.15, 0.2) is 33.8 Å². The van der Waals surface area contributed by atoms with Crippen LogP contribution in [0.4, 0.5) is 5.69 Å². The number of carbonyl (C=O) groups excluding carboxylic acids is 1. The van der Waals surface area contributed by atoms with Gasteiger partial charge in [-0.1, -0.05) is 15.9 Å². The maximum atomic E-state index is 12.2. The lowest BCUT2D eigenvalue weighted by molar-refractivity contribution is -0.436. The molecule has 1 heterocycles. The number of anilines is 1. The van der Waals surface area contributed by atoms with Gasteiger partial charge in [-0.05, 0) is 67.3 Å². The number of amides is 1. The number of hydrogen-bond acceptors (Lipinski definition) is 3. The fraction of sp³-hybridized carbons (Fsp3) is 0.316. The Morgan fingerprint density at radius 1 is 1.28 bits per heavy atom. The molecular formula is C19H19BrN3OS+. The number of pyridine rings is 1. The van der Waals surface area contributed by atoms with Crippen LogP contribution in [0.1, 0.15) is 35.2 Å². The molecule has 128 valence electrons. The van der Waals surface area contributed by atoms with E-state index in [9.17, 15) is 10.1 Å². The minimum absolute atomic E-state index is 0.0833. The van der Waals surface area contributed by atoms with Crippen molar-refractivity contribution in [1.29, 1.82) is 5.26 Å². The van der Waals surface area contributed by atoms with Gasteiger partial charge in [0.2, 0.25) is 5.91 Å². The lowest BCUT2D eigenvalue weighted by atomic mass is 9.88. The van der Waals surface area contributed by atoms with Crippen LogP contribution in [-0.4, -0.2) is 11.7 Å². The average molecular weight is 417 g/mol. The van der Waals surface area contributed by atoms with Gasteiger partial charge in [-0.2, -0.15) is 5.26 Å². The van der Waals surface area contributed by atoms with E-state index < -0.39 is 0 Å². The van der Waals surface area contributed by atoms with Crippen molar-refractivity contribution in [2.45, 2.75) is 37.6 Å². The van der Waals surface area contributed by atoms with E-state index in [0.717, 1.165) is 40.1 Å². The Morgan fingerprint density at radius 2 is 1.96 bits per heavy atom. The lowest BCUT2D eigenvalue weighted by Gasteiger charge is -2.17. The molecule has 25 heavy (non-hydrogen) atoms. The number of benzene rings is 1. The Labute approximate surface area is 160 Å². The molecule has 0 atom stereocenters. The molecule has 0 unspecified atom stereocenters. The minimum Gasteiger partial charge on any atom is -0.325 e. The summed E-state index contributed by atoms with van der Waals surface area (Å²) in [6.45, 7) is 2.05. The minimum atomic E-state index is -0.0833. The summed E-state index contributed by atoms with van der Waals surface area (Å²) in [7, 11) is 0. The van der Waals surface area contributed by atoms with Gasteiger partial charge in [0.15, 0.2) is 5.69 Å². The molecule has 1 aliphatic carbocycles. The molecule has 1 aromatic carbocycles. The third-order valence-corrected chi connectivity index (χ3v) is 5.87. The summed E-state index contributed by atoms with van der Waals surface area (Å²) in [6.07, 6.45) is 4.28. The average Bonchev–Trinajstić information content (AvgIpc) is 2.62. The standard InChI is InChI=1S/C19H18BrN3OS/c1-12-15-4-2-3-5-16(15)17(10-21)19(22-12)25-11-18(24)23-14-8-6-13(20)7-9-14/h6-9H,2-5,11H2,1H3,(H,23,24)/p+1. The van der Waals surface area contributed by atoms with Crippen molar-refractivity contribution in [1.82, 2.24) is 0 Å². The maximum Gasteiger partial charge on any atom is 0.257 e. The summed E-state index contributed by atoms with van der Waals surface area (Å²) in [5.41, 5.74) is 5.04. The molecule has 0 bridgehead atoms. The highest BCUT2D eigenvalue weighted by molar-refractivity contribution is 9.10. The summed E-state index contributed by atoms with van der Waals surface area (Å²) in [4.78, 5) is 15.5. The highest BCUT2D eigenvalue weighted by atomic mass is 79.9. The van der Waals surface area contributed by atoms with Gasteiger partial charge in [-0.15, -0.1) is 0 Å². The van der Waals surface area contributed by atoms with Crippen LogP contribution in [0, 0.1) is 18.3 Å². The number of hydrogen-bond donors (Lipinski definition) is 1. The summed E-state index contributed by atoms with van der Waals surface area (Å²) in [5, 5.41) is 13.3. The molecule has 0 radical (unpaired) electrons. The number of nitrogens with zero attached hydrogens (tertiary/aromatic N) is 1. The molecule has 0 fully saturated rings. The molecule has 4 nitrogen and oxygen atoms in total. The van der Waals surface area contributed by atoms with Crippen LogP contribution < -0.4 is 10.3 Å². The predicted octanol–water partition coefficient (Wildman–Crippen LogP) is 4.05. The highest BCUT2D eigenvalue weighted by Crippen LogP contribution is 2.30. The van der Waals surface area contributed by atoms with Crippen molar-refractivity contribution in [3.63, 3.8) is 0 Å². The number of rotatable bonds is 4. The van der Waals surface area contributed by atoms with Gasteiger partial charge >= 0.3 is 0 Å². The zero-order chi connectivity index (χ0) is 17.8. The second-order valence-electron chi connectivity index (χ2n) is 6.07. The molecule has 2 aromatic rings. The Balaban J connectivity index is 1.72. The number of nitrogens with one attached hydrogen (secondary N) is 2. The van der Waals surface area contributed by atoms with Crippen molar-refractivity contribution in [2.75, 3.05) is 11.1 Å². The van der Waals surface area contributed by atoms with Crippen molar-refractivity contribution in [2.24, 2.45) is 0 Å². The van der Waals surface area contributed by atoms with Crippen LogP contribution >= 0.6 is 27.7 Å². The Bertz CT molecular complexity index is 843. The molecule has 1 aliphatic rings. The number of halogens is 1. The fourth-order valence-electron chi connectivity index (χ4n) is 3.13. The first-order valence-corrected chi connectivity index (χ1v) is 10.0. The quantitative estimate of drug-likeness (QED) is 0.764. The van der Waals surface area contributed by atoms with E-state index in [4.69, 9.17) is 0 Å². The van der Waals surface area contributed by atoms with Gasteiger partial charge in [-0.3, -0.25) is 4.79 Å². The number of nitriles is 1. The Hall–Kier alpha value is -1.84. The largest absolute Gasteiger partial charge is 0.325 e. The van der Waals surface area contributed by atoms with Gasteiger partial charge < -0.3 is 5.32 Å². The molecule has 3 rings (SSSR count). The SMILES string of the molecule is Cc1[nH+]c(SCC(=O)Nc2ccc(Br)cc2)c(C#N)c2c1CCCC2. The number of aromatic nitrogens is 1. The monoisotopic (exact) mass is 416 g/mol. The van der Waals surface area contributed by atoms with E-state index in [2.05, 4.69) is 39.2 Å². The Morgan fingerprint density at radius 3 is 2.64 bits per heavy atom. The molecule has 0 aliphatic heterocycles. The van der Waals surface area contributed by atoms with Crippen LogP contribution in [0.5, 0.6) is 0 Å². The maximum absolute atomic E-state index is 12.2. The van der Waals surface area contributed by atoms with E-state index in [1.165, 1.54) is 29.3 Å². The molecule has 0 saturated heterocycles. The normalized spacial score (nSPS) is 13.0. The van der Waals surface area contributed by atoms with Crippen molar-refractivity contribution >= 4 is 39.3 Å². The van der Waals surface area contributed by atoms with Gasteiger partial charge in [0.25, 0.3) is 5.03 Å². The molecular weight excluding hydrogens is 398 g/mol. The number of H-pyrrole nitrogens is 1. The third kappa shape index (κ3) is 4.23. The van der Waals surface area contributed by atoms with Gasteiger partial charge in [0.1, 0.15) is 11.6 Å². The van der Waals surface area contributed by atoms with Crippen LogP contribution in [0.25, 0.3) is 0 Å². The van der Waals surface area contributed by atoms with E-state index in [1.54, 1.807) is 0 Å².